The Labute approximate surface area is 145 Å². The first kappa shape index (κ1) is 19.5. The van der Waals surface area contributed by atoms with Gasteiger partial charge >= 0.3 is 5.97 Å². The zero-order valence-corrected chi connectivity index (χ0v) is 14.5. The second kappa shape index (κ2) is 9.60. The zero-order chi connectivity index (χ0) is 17.4. The molecule has 1 unspecified atom stereocenters. The molecule has 0 saturated carbocycles. The van der Waals surface area contributed by atoms with Gasteiger partial charge in [0.2, 0.25) is 5.91 Å². The summed E-state index contributed by atoms with van der Waals surface area (Å²) in [6.07, 6.45) is 0. The Hall–Kier alpha value is -1.50. The van der Waals surface area contributed by atoms with Crippen LogP contribution in [0.5, 0.6) is 5.75 Å². The maximum absolute atomic E-state index is 11.2. The Morgan fingerprint density at radius 3 is 2.39 bits per heavy atom. The molecule has 0 aliphatic rings. The van der Waals surface area contributed by atoms with E-state index in [2.05, 4.69) is 5.32 Å². The van der Waals surface area contributed by atoms with Crippen molar-refractivity contribution in [1.82, 2.24) is 10.2 Å². The molecule has 1 rings (SSSR count). The highest BCUT2D eigenvalue weighted by Gasteiger charge is 2.20. The average Bonchev–Trinajstić information content (AvgIpc) is 2.43. The molecule has 0 bridgehead atoms. The number of benzene rings is 1. The van der Waals surface area contributed by atoms with Gasteiger partial charge in [-0.05, 0) is 25.1 Å². The molecule has 0 aromatic heterocycles. The van der Waals surface area contributed by atoms with Gasteiger partial charge in [-0.25, -0.2) is 0 Å². The normalized spacial score (nSPS) is 12.0. The molecule has 2 N–H and O–H groups in total. The smallest absolute Gasteiger partial charge is 0.320 e. The van der Waals surface area contributed by atoms with Crippen LogP contribution < -0.4 is 10.1 Å². The van der Waals surface area contributed by atoms with Gasteiger partial charge in [0.1, 0.15) is 18.4 Å². The molecular weight excluding hydrogens is 343 g/mol. The lowest BCUT2D eigenvalue weighted by molar-refractivity contribution is -0.142. The van der Waals surface area contributed by atoms with Crippen molar-refractivity contribution in [2.24, 2.45) is 0 Å². The summed E-state index contributed by atoms with van der Waals surface area (Å²) in [7, 11) is 0. The Balaban J connectivity index is 2.55. The summed E-state index contributed by atoms with van der Waals surface area (Å²) in [5.41, 5.74) is 0. The van der Waals surface area contributed by atoms with Crippen LogP contribution in [0.1, 0.15) is 13.8 Å². The topological polar surface area (TPSA) is 78.9 Å². The SMILES string of the molecule is CC(=O)NCCN(CCOc1cc(Cl)cc(Cl)c1)C(C)C(=O)O. The molecular formula is C15H20Cl2N2O4. The number of halogens is 2. The fourth-order valence-corrected chi connectivity index (χ4v) is 2.43. The number of amides is 1. The lowest BCUT2D eigenvalue weighted by atomic mass is 10.3. The largest absolute Gasteiger partial charge is 0.492 e. The third kappa shape index (κ3) is 7.54. The lowest BCUT2D eigenvalue weighted by Crippen LogP contribution is -2.45. The molecule has 0 spiro atoms. The van der Waals surface area contributed by atoms with E-state index in [1.807, 2.05) is 0 Å². The molecule has 8 heteroatoms. The number of carboxylic acid groups (broad SMARTS) is 1. The van der Waals surface area contributed by atoms with Crippen LogP contribution in [-0.4, -0.2) is 54.2 Å². The molecule has 0 radical (unpaired) electrons. The van der Waals surface area contributed by atoms with Gasteiger partial charge in [-0.15, -0.1) is 0 Å². The van der Waals surface area contributed by atoms with E-state index in [0.717, 1.165) is 0 Å². The van der Waals surface area contributed by atoms with Crippen molar-refractivity contribution in [3.63, 3.8) is 0 Å². The predicted molar refractivity (Wildman–Crippen MR) is 89.3 cm³/mol. The number of rotatable bonds is 9. The molecule has 0 aliphatic carbocycles. The number of nitrogens with zero attached hydrogens (tertiary/aromatic N) is 1. The maximum atomic E-state index is 11.2. The Morgan fingerprint density at radius 2 is 1.87 bits per heavy atom. The number of carboxylic acids is 1. The average molecular weight is 363 g/mol. The number of carbonyl (C=O) groups excluding carboxylic acids is 1. The molecule has 23 heavy (non-hydrogen) atoms. The quantitative estimate of drug-likeness (QED) is 0.704. The minimum Gasteiger partial charge on any atom is -0.492 e. The van der Waals surface area contributed by atoms with Crippen LogP contribution in [0.25, 0.3) is 0 Å². The van der Waals surface area contributed by atoms with Crippen LogP contribution in [-0.2, 0) is 9.59 Å². The summed E-state index contributed by atoms with van der Waals surface area (Å²) in [6.45, 7) is 4.44. The van der Waals surface area contributed by atoms with Crippen molar-refractivity contribution in [2.75, 3.05) is 26.2 Å². The van der Waals surface area contributed by atoms with Crippen LogP contribution in [0.2, 0.25) is 10.0 Å². The van der Waals surface area contributed by atoms with Crippen LogP contribution in [0.4, 0.5) is 0 Å². The van der Waals surface area contributed by atoms with Gasteiger partial charge in [-0.2, -0.15) is 0 Å². The minimum atomic E-state index is -0.932. The molecule has 1 atom stereocenters. The monoisotopic (exact) mass is 362 g/mol. The van der Waals surface area contributed by atoms with Crippen molar-refractivity contribution >= 4 is 35.1 Å². The first-order chi connectivity index (χ1) is 10.8. The number of carbonyl (C=O) groups is 2. The van der Waals surface area contributed by atoms with Crippen molar-refractivity contribution in [3.05, 3.63) is 28.2 Å². The number of hydrogen-bond donors (Lipinski definition) is 2. The van der Waals surface area contributed by atoms with Crippen LogP contribution in [0.15, 0.2) is 18.2 Å². The standard InChI is InChI=1S/C15H20Cl2N2O4/c1-10(15(21)22)19(4-3-18-11(2)20)5-6-23-14-8-12(16)7-13(17)9-14/h7-10H,3-6H2,1-2H3,(H,18,20)(H,21,22). The van der Waals surface area contributed by atoms with E-state index in [0.29, 0.717) is 35.4 Å². The molecule has 0 fully saturated rings. The van der Waals surface area contributed by atoms with Gasteiger partial charge in [-0.1, -0.05) is 23.2 Å². The van der Waals surface area contributed by atoms with E-state index in [4.69, 9.17) is 33.0 Å². The number of hydrogen-bond acceptors (Lipinski definition) is 4. The summed E-state index contributed by atoms with van der Waals surface area (Å²) in [4.78, 5) is 23.8. The van der Waals surface area contributed by atoms with E-state index in [1.54, 1.807) is 30.0 Å². The number of nitrogens with one attached hydrogen (secondary N) is 1. The second-order valence-corrected chi connectivity index (χ2v) is 5.86. The summed E-state index contributed by atoms with van der Waals surface area (Å²) in [5, 5.41) is 12.7. The highest BCUT2D eigenvalue weighted by Crippen LogP contribution is 2.24. The van der Waals surface area contributed by atoms with E-state index in [-0.39, 0.29) is 12.5 Å². The molecule has 1 aromatic rings. The lowest BCUT2D eigenvalue weighted by Gasteiger charge is -2.26. The fraction of sp³-hybridized carbons (Fsp3) is 0.467. The van der Waals surface area contributed by atoms with Crippen molar-refractivity contribution in [2.45, 2.75) is 19.9 Å². The van der Waals surface area contributed by atoms with E-state index in [1.165, 1.54) is 6.92 Å². The fourth-order valence-electron chi connectivity index (χ4n) is 1.92. The highest BCUT2D eigenvalue weighted by molar-refractivity contribution is 6.34. The molecule has 0 saturated heterocycles. The third-order valence-corrected chi connectivity index (χ3v) is 3.60. The van der Waals surface area contributed by atoms with Crippen molar-refractivity contribution in [1.29, 1.82) is 0 Å². The van der Waals surface area contributed by atoms with Crippen molar-refractivity contribution in [3.8, 4) is 5.75 Å². The summed E-state index contributed by atoms with van der Waals surface area (Å²) < 4.78 is 5.56. The summed E-state index contributed by atoms with van der Waals surface area (Å²) in [5.74, 6) is -0.566. The zero-order valence-electron chi connectivity index (χ0n) is 13.0. The van der Waals surface area contributed by atoms with Crippen LogP contribution in [0.3, 0.4) is 0 Å². The van der Waals surface area contributed by atoms with E-state index < -0.39 is 12.0 Å². The van der Waals surface area contributed by atoms with Gasteiger partial charge in [0.05, 0.1) is 0 Å². The van der Waals surface area contributed by atoms with E-state index >= 15 is 0 Å². The summed E-state index contributed by atoms with van der Waals surface area (Å²) >= 11 is 11.8. The Morgan fingerprint density at radius 1 is 1.26 bits per heavy atom. The van der Waals surface area contributed by atoms with Gasteiger partial charge in [0, 0.05) is 36.6 Å². The predicted octanol–water partition coefficient (Wildman–Crippen LogP) is 2.28. The molecule has 1 amide bonds. The first-order valence-electron chi connectivity index (χ1n) is 7.09. The molecule has 6 nitrogen and oxygen atoms in total. The maximum Gasteiger partial charge on any atom is 0.320 e. The van der Waals surface area contributed by atoms with Gasteiger partial charge in [-0.3, -0.25) is 14.5 Å². The van der Waals surface area contributed by atoms with Crippen LogP contribution in [0, 0.1) is 0 Å². The van der Waals surface area contributed by atoms with E-state index in [9.17, 15) is 9.59 Å². The number of aliphatic carboxylic acids is 1. The van der Waals surface area contributed by atoms with Gasteiger partial charge in [0.15, 0.2) is 0 Å². The molecule has 128 valence electrons. The van der Waals surface area contributed by atoms with Crippen molar-refractivity contribution < 1.29 is 19.4 Å². The third-order valence-electron chi connectivity index (χ3n) is 3.16. The molecule has 0 aliphatic heterocycles. The first-order valence-corrected chi connectivity index (χ1v) is 7.85. The van der Waals surface area contributed by atoms with Crippen LogP contribution >= 0.6 is 23.2 Å². The summed E-state index contributed by atoms with van der Waals surface area (Å²) in [6, 6.07) is 4.18. The Bertz CT molecular complexity index is 534. The minimum absolute atomic E-state index is 0.155. The molecule has 1 aromatic carbocycles. The van der Waals surface area contributed by atoms with Gasteiger partial charge in [0.25, 0.3) is 0 Å². The number of ether oxygens (including phenoxy) is 1. The highest BCUT2D eigenvalue weighted by atomic mass is 35.5. The second-order valence-electron chi connectivity index (χ2n) is 4.99. The Kier molecular flexibility index (Phi) is 8.16. The van der Waals surface area contributed by atoms with Gasteiger partial charge < -0.3 is 15.2 Å². The molecule has 0 heterocycles.